The van der Waals surface area contributed by atoms with E-state index in [0.717, 1.165) is 52.4 Å². The molecule has 3 aromatic heterocycles. The van der Waals surface area contributed by atoms with E-state index in [1.54, 1.807) is 31.8 Å². The summed E-state index contributed by atoms with van der Waals surface area (Å²) in [4.78, 5) is 46.7. The zero-order chi connectivity index (χ0) is 28.9. The molecule has 1 aliphatic heterocycles. The van der Waals surface area contributed by atoms with E-state index >= 15 is 0 Å². The highest BCUT2D eigenvalue weighted by molar-refractivity contribution is 6.06. The van der Waals surface area contributed by atoms with Crippen molar-refractivity contribution in [2.24, 2.45) is 5.92 Å². The molecule has 1 fully saturated rings. The number of hydrogen-bond donors (Lipinski definition) is 2. The lowest BCUT2D eigenvalue weighted by Crippen LogP contribution is -2.50. The summed E-state index contributed by atoms with van der Waals surface area (Å²) in [6.07, 6.45) is 5.04. The third-order valence-corrected chi connectivity index (χ3v) is 7.96. The molecule has 2 unspecified atom stereocenters. The number of piperazine rings is 1. The summed E-state index contributed by atoms with van der Waals surface area (Å²) in [5, 5.41) is 7.03. The van der Waals surface area contributed by atoms with E-state index in [1.165, 1.54) is 0 Å². The number of anilines is 2. The number of nitrogens with zero attached hydrogens (tertiary/aromatic N) is 6. The Morgan fingerprint density at radius 1 is 1.05 bits per heavy atom. The zero-order valence-corrected chi connectivity index (χ0v) is 24.0. The summed E-state index contributed by atoms with van der Waals surface area (Å²) >= 11 is 0. The monoisotopic (exact) mass is 552 g/mol. The Balaban J connectivity index is 1.25. The highest BCUT2D eigenvalue weighted by Crippen LogP contribution is 2.31. The van der Waals surface area contributed by atoms with Gasteiger partial charge < -0.3 is 20.4 Å². The van der Waals surface area contributed by atoms with Crippen LogP contribution in [0, 0.1) is 5.92 Å². The number of para-hydroxylation sites is 1. The number of hydrogen-bond acceptors (Lipinski definition) is 8. The molecule has 2 amide bonds. The molecule has 10 nitrogen and oxygen atoms in total. The standard InChI is InChI=1S/C31H36N8O2/c1-5-38-13-14-39(18-29(38)40)28-10-9-22(17-35-28)26-15-27(37-19-36-26)34-16-20(2)21(3)23-7-6-8-24-25(31(41)32-4)11-12-33-30(23)24/h6-12,15,17,19-21H,5,13-14,16,18H2,1-4H3,(H,32,41)(H,34,36,37). The fourth-order valence-corrected chi connectivity index (χ4v) is 5.22. The van der Waals surface area contributed by atoms with Crippen molar-refractivity contribution in [1.82, 2.24) is 30.2 Å². The average Bonchev–Trinajstić information content (AvgIpc) is 3.02. The van der Waals surface area contributed by atoms with Crippen molar-refractivity contribution in [3.63, 3.8) is 0 Å². The van der Waals surface area contributed by atoms with Gasteiger partial charge in [0.25, 0.3) is 5.91 Å². The molecule has 0 spiro atoms. The molecule has 5 rings (SSSR count). The SMILES string of the molecule is CCN1CCN(c2ccc(-c3cc(NCC(C)C(C)c4cccc5c(C(=O)NC)ccnc45)ncn3)cn2)CC1=O. The van der Waals surface area contributed by atoms with Gasteiger partial charge in [-0.15, -0.1) is 0 Å². The van der Waals surface area contributed by atoms with Crippen molar-refractivity contribution in [3.8, 4) is 11.3 Å². The maximum Gasteiger partial charge on any atom is 0.251 e. The van der Waals surface area contributed by atoms with Gasteiger partial charge in [0.15, 0.2) is 0 Å². The number of aromatic nitrogens is 4. The number of carbonyl (C=O) groups is 2. The third kappa shape index (κ3) is 5.96. The zero-order valence-electron chi connectivity index (χ0n) is 24.0. The van der Waals surface area contributed by atoms with Crippen molar-refractivity contribution in [2.45, 2.75) is 26.7 Å². The van der Waals surface area contributed by atoms with Crippen LogP contribution in [0.25, 0.3) is 22.2 Å². The predicted octanol–water partition coefficient (Wildman–Crippen LogP) is 3.97. The number of likely N-dealkylation sites (N-methyl/N-ethyl adjacent to an activating group) is 1. The van der Waals surface area contributed by atoms with Gasteiger partial charge in [0.2, 0.25) is 5.91 Å². The topological polar surface area (TPSA) is 116 Å². The number of carbonyl (C=O) groups excluding carboxylic acids is 2. The summed E-state index contributed by atoms with van der Waals surface area (Å²) in [7, 11) is 1.64. The first kappa shape index (κ1) is 27.9. The molecular formula is C31H36N8O2. The van der Waals surface area contributed by atoms with Gasteiger partial charge in [0, 0.05) is 62.6 Å². The van der Waals surface area contributed by atoms with Crippen LogP contribution in [0.4, 0.5) is 11.6 Å². The molecule has 0 radical (unpaired) electrons. The second-order valence-corrected chi connectivity index (χ2v) is 10.4. The minimum absolute atomic E-state index is 0.119. The second-order valence-electron chi connectivity index (χ2n) is 10.4. The van der Waals surface area contributed by atoms with Crippen LogP contribution < -0.4 is 15.5 Å². The van der Waals surface area contributed by atoms with Crippen LogP contribution in [-0.2, 0) is 4.79 Å². The molecule has 4 aromatic rings. The van der Waals surface area contributed by atoms with Crippen LogP contribution in [0.1, 0.15) is 42.6 Å². The molecule has 0 saturated carbocycles. The number of amides is 2. The van der Waals surface area contributed by atoms with Gasteiger partial charge in [-0.25, -0.2) is 15.0 Å². The number of pyridine rings is 2. The Morgan fingerprint density at radius 2 is 1.90 bits per heavy atom. The van der Waals surface area contributed by atoms with Crippen LogP contribution >= 0.6 is 0 Å². The second kappa shape index (κ2) is 12.3. The number of nitrogens with one attached hydrogen (secondary N) is 2. The third-order valence-electron chi connectivity index (χ3n) is 7.96. The highest BCUT2D eigenvalue weighted by atomic mass is 16.2. The smallest absolute Gasteiger partial charge is 0.251 e. The molecule has 10 heteroatoms. The number of benzene rings is 1. The Bertz CT molecular complexity index is 1540. The molecule has 2 atom stereocenters. The van der Waals surface area contributed by atoms with Crippen molar-refractivity contribution < 1.29 is 9.59 Å². The summed E-state index contributed by atoms with van der Waals surface area (Å²) in [6.45, 7) is 9.64. The molecule has 1 saturated heterocycles. The summed E-state index contributed by atoms with van der Waals surface area (Å²) < 4.78 is 0. The molecule has 41 heavy (non-hydrogen) atoms. The first-order valence-electron chi connectivity index (χ1n) is 14.0. The first-order chi connectivity index (χ1) is 19.9. The van der Waals surface area contributed by atoms with Crippen molar-refractivity contribution in [2.75, 3.05) is 50.0 Å². The summed E-state index contributed by atoms with van der Waals surface area (Å²) in [6, 6.07) is 13.6. The number of rotatable bonds is 9. The van der Waals surface area contributed by atoms with E-state index < -0.39 is 0 Å². The van der Waals surface area contributed by atoms with Gasteiger partial charge in [-0.1, -0.05) is 32.0 Å². The average molecular weight is 553 g/mol. The molecule has 4 heterocycles. The number of fused-ring (bicyclic) bond motifs is 1. The Kier molecular flexibility index (Phi) is 8.37. The lowest BCUT2D eigenvalue weighted by molar-refractivity contribution is -0.130. The van der Waals surface area contributed by atoms with E-state index in [1.807, 2.05) is 47.1 Å². The Morgan fingerprint density at radius 3 is 2.63 bits per heavy atom. The molecule has 2 N–H and O–H groups in total. The first-order valence-corrected chi connectivity index (χ1v) is 14.0. The van der Waals surface area contributed by atoms with Crippen molar-refractivity contribution in [1.29, 1.82) is 0 Å². The van der Waals surface area contributed by atoms with Crippen LogP contribution in [-0.4, -0.2) is 76.4 Å². The Labute approximate surface area is 240 Å². The van der Waals surface area contributed by atoms with Crippen molar-refractivity contribution in [3.05, 3.63) is 72.3 Å². The van der Waals surface area contributed by atoms with E-state index in [-0.39, 0.29) is 23.7 Å². The maximum atomic E-state index is 12.4. The van der Waals surface area contributed by atoms with E-state index in [0.29, 0.717) is 25.2 Å². The maximum absolute atomic E-state index is 12.4. The van der Waals surface area contributed by atoms with Crippen LogP contribution in [0.3, 0.4) is 0 Å². The van der Waals surface area contributed by atoms with Crippen LogP contribution in [0.15, 0.2) is 61.2 Å². The van der Waals surface area contributed by atoms with Crippen molar-refractivity contribution >= 4 is 34.4 Å². The largest absolute Gasteiger partial charge is 0.370 e. The Hall–Kier alpha value is -4.60. The predicted molar refractivity (Wildman–Crippen MR) is 161 cm³/mol. The van der Waals surface area contributed by atoms with E-state index in [9.17, 15) is 9.59 Å². The van der Waals surface area contributed by atoms with E-state index in [2.05, 4.69) is 50.5 Å². The molecule has 0 aliphatic carbocycles. The quantitative estimate of drug-likeness (QED) is 0.321. The van der Waals surface area contributed by atoms with Crippen LogP contribution in [0.5, 0.6) is 0 Å². The normalized spacial score (nSPS) is 15.1. The lowest BCUT2D eigenvalue weighted by Gasteiger charge is -2.34. The highest BCUT2D eigenvalue weighted by Gasteiger charge is 2.24. The van der Waals surface area contributed by atoms with E-state index in [4.69, 9.17) is 0 Å². The minimum Gasteiger partial charge on any atom is -0.370 e. The molecule has 212 valence electrons. The fraction of sp³-hybridized carbons (Fsp3) is 0.355. The molecule has 0 bridgehead atoms. The molecular weight excluding hydrogens is 516 g/mol. The van der Waals surface area contributed by atoms with Crippen LogP contribution in [0.2, 0.25) is 0 Å². The fourth-order valence-electron chi connectivity index (χ4n) is 5.22. The van der Waals surface area contributed by atoms with Gasteiger partial charge in [0.1, 0.15) is 18.0 Å². The summed E-state index contributed by atoms with van der Waals surface area (Å²) in [5.41, 5.74) is 4.24. The van der Waals surface area contributed by atoms with Gasteiger partial charge in [-0.05, 0) is 42.5 Å². The molecule has 1 aromatic carbocycles. The summed E-state index contributed by atoms with van der Waals surface area (Å²) in [5.74, 6) is 1.97. The minimum atomic E-state index is -0.119. The molecule has 1 aliphatic rings. The van der Waals surface area contributed by atoms with Gasteiger partial charge in [-0.2, -0.15) is 0 Å². The van der Waals surface area contributed by atoms with Gasteiger partial charge in [0.05, 0.1) is 23.3 Å². The van der Waals surface area contributed by atoms with Gasteiger partial charge in [-0.3, -0.25) is 14.6 Å². The lowest BCUT2D eigenvalue weighted by atomic mass is 9.87. The van der Waals surface area contributed by atoms with Gasteiger partial charge >= 0.3 is 0 Å².